The Morgan fingerprint density at radius 1 is 1.40 bits per heavy atom. The van der Waals surface area contributed by atoms with E-state index in [-0.39, 0.29) is 11.9 Å². The van der Waals surface area contributed by atoms with Crippen LogP contribution in [0.1, 0.15) is 23.2 Å². The number of pyridine rings is 1. The van der Waals surface area contributed by atoms with E-state index in [0.717, 1.165) is 0 Å². The average Bonchev–Trinajstić information content (AvgIpc) is 2.46. The highest BCUT2D eigenvalue weighted by Gasteiger charge is 2.27. The van der Waals surface area contributed by atoms with Gasteiger partial charge in [-0.05, 0) is 25.0 Å². The molecule has 0 aromatic carbocycles. The predicted octanol–water partition coefficient (Wildman–Crippen LogP) is 0.878. The average molecular weight is 278 g/mol. The number of aromatic nitrogens is 1. The molecule has 0 bridgehead atoms. The van der Waals surface area contributed by atoms with Gasteiger partial charge in [0.25, 0.3) is 5.91 Å². The van der Waals surface area contributed by atoms with Crippen LogP contribution in [0.2, 0.25) is 0 Å². The number of carbonyl (C=O) groups is 2. The molecule has 1 aromatic rings. The largest absolute Gasteiger partial charge is 0.465 e. The normalized spacial score (nSPS) is 15.9. The Morgan fingerprint density at radius 2 is 2.05 bits per heavy atom. The van der Waals surface area contributed by atoms with Crippen molar-refractivity contribution in [3.8, 4) is 0 Å². The number of nitrogen functional groups attached to an aromatic ring is 1. The molecule has 0 atom stereocenters. The molecule has 2 heterocycles. The lowest BCUT2D eigenvalue weighted by Crippen LogP contribution is -2.47. The van der Waals surface area contributed by atoms with Crippen molar-refractivity contribution in [1.29, 1.82) is 0 Å². The molecule has 1 aliphatic rings. The van der Waals surface area contributed by atoms with E-state index in [1.54, 1.807) is 24.1 Å². The molecule has 1 aromatic heterocycles. The zero-order chi connectivity index (χ0) is 14.7. The minimum absolute atomic E-state index is 0.0515. The summed E-state index contributed by atoms with van der Waals surface area (Å²) >= 11 is 0. The van der Waals surface area contributed by atoms with Gasteiger partial charge in [0, 0.05) is 32.4 Å². The lowest BCUT2D eigenvalue weighted by Gasteiger charge is -2.35. The molecule has 3 N–H and O–H groups in total. The Balaban J connectivity index is 1.98. The SMILES string of the molecule is CN(C(=O)c1ccc(N)nc1)C1CCN(C(=O)O)CC1. The van der Waals surface area contributed by atoms with Gasteiger partial charge in [-0.25, -0.2) is 9.78 Å². The van der Waals surface area contributed by atoms with Gasteiger partial charge in [0.2, 0.25) is 0 Å². The van der Waals surface area contributed by atoms with E-state index in [1.165, 1.54) is 11.1 Å². The van der Waals surface area contributed by atoms with Crippen LogP contribution in [0.25, 0.3) is 0 Å². The van der Waals surface area contributed by atoms with Crippen LogP contribution in [-0.4, -0.2) is 58.1 Å². The smallest absolute Gasteiger partial charge is 0.407 e. The highest BCUT2D eigenvalue weighted by Crippen LogP contribution is 2.17. The number of carbonyl (C=O) groups excluding carboxylic acids is 1. The van der Waals surface area contributed by atoms with Crippen molar-refractivity contribution in [1.82, 2.24) is 14.8 Å². The Morgan fingerprint density at radius 3 is 2.55 bits per heavy atom. The number of nitrogens with zero attached hydrogens (tertiary/aromatic N) is 3. The summed E-state index contributed by atoms with van der Waals surface area (Å²) in [5, 5.41) is 8.90. The number of piperidine rings is 1. The Hall–Kier alpha value is -2.31. The summed E-state index contributed by atoms with van der Waals surface area (Å²) in [5.74, 6) is 0.255. The molecule has 0 radical (unpaired) electrons. The van der Waals surface area contributed by atoms with Gasteiger partial charge in [-0.15, -0.1) is 0 Å². The fourth-order valence-electron chi connectivity index (χ4n) is 2.35. The summed E-state index contributed by atoms with van der Waals surface area (Å²) in [5.41, 5.74) is 5.98. The van der Waals surface area contributed by atoms with Crippen molar-refractivity contribution in [2.24, 2.45) is 0 Å². The molecule has 7 heteroatoms. The number of rotatable bonds is 2. The van der Waals surface area contributed by atoms with Gasteiger partial charge in [0.05, 0.1) is 5.56 Å². The molecule has 1 fully saturated rings. The second-order valence-electron chi connectivity index (χ2n) is 4.89. The van der Waals surface area contributed by atoms with Crippen LogP contribution in [0.5, 0.6) is 0 Å². The summed E-state index contributed by atoms with van der Waals surface area (Å²) < 4.78 is 0. The summed E-state index contributed by atoms with van der Waals surface area (Å²) in [6.07, 6.45) is 1.86. The van der Waals surface area contributed by atoms with Crippen LogP contribution in [0.4, 0.5) is 10.6 Å². The highest BCUT2D eigenvalue weighted by atomic mass is 16.4. The molecule has 7 nitrogen and oxygen atoms in total. The minimum Gasteiger partial charge on any atom is -0.465 e. The van der Waals surface area contributed by atoms with Crippen LogP contribution in [0.15, 0.2) is 18.3 Å². The molecule has 1 aliphatic heterocycles. The van der Waals surface area contributed by atoms with Gasteiger partial charge >= 0.3 is 6.09 Å². The number of likely N-dealkylation sites (tertiary alicyclic amines) is 1. The first-order valence-corrected chi connectivity index (χ1v) is 6.45. The topological polar surface area (TPSA) is 99.8 Å². The molecule has 0 aliphatic carbocycles. The molecular weight excluding hydrogens is 260 g/mol. The second-order valence-corrected chi connectivity index (χ2v) is 4.89. The Kier molecular flexibility index (Phi) is 4.07. The maximum atomic E-state index is 12.3. The van der Waals surface area contributed by atoms with Gasteiger partial charge in [-0.1, -0.05) is 0 Å². The van der Waals surface area contributed by atoms with Crippen molar-refractivity contribution >= 4 is 17.8 Å². The van der Waals surface area contributed by atoms with Crippen LogP contribution >= 0.6 is 0 Å². The third-order valence-corrected chi connectivity index (χ3v) is 3.64. The number of hydrogen-bond donors (Lipinski definition) is 2. The van der Waals surface area contributed by atoms with Crippen LogP contribution in [0, 0.1) is 0 Å². The zero-order valence-corrected chi connectivity index (χ0v) is 11.3. The maximum Gasteiger partial charge on any atom is 0.407 e. The van der Waals surface area contributed by atoms with Gasteiger partial charge in [-0.2, -0.15) is 0 Å². The lowest BCUT2D eigenvalue weighted by molar-refractivity contribution is 0.0641. The number of hydrogen-bond acceptors (Lipinski definition) is 4. The summed E-state index contributed by atoms with van der Waals surface area (Å²) in [4.78, 5) is 30.1. The molecule has 20 heavy (non-hydrogen) atoms. The Bertz CT molecular complexity index is 495. The number of anilines is 1. The third-order valence-electron chi connectivity index (χ3n) is 3.64. The van der Waals surface area contributed by atoms with Gasteiger partial charge in [0.15, 0.2) is 0 Å². The van der Waals surface area contributed by atoms with Crippen molar-refractivity contribution < 1.29 is 14.7 Å². The number of carboxylic acid groups (broad SMARTS) is 1. The van der Waals surface area contributed by atoms with E-state index in [9.17, 15) is 9.59 Å². The fraction of sp³-hybridized carbons (Fsp3) is 0.462. The summed E-state index contributed by atoms with van der Waals surface area (Å²) in [6, 6.07) is 3.29. The van der Waals surface area contributed by atoms with Crippen molar-refractivity contribution in [2.75, 3.05) is 25.9 Å². The van der Waals surface area contributed by atoms with E-state index in [0.29, 0.717) is 37.3 Å². The first kappa shape index (κ1) is 14.1. The van der Waals surface area contributed by atoms with Crippen LogP contribution in [-0.2, 0) is 0 Å². The van der Waals surface area contributed by atoms with E-state index in [2.05, 4.69) is 4.98 Å². The molecular formula is C13H18N4O3. The van der Waals surface area contributed by atoms with Gasteiger partial charge in [-0.3, -0.25) is 4.79 Å². The lowest BCUT2D eigenvalue weighted by atomic mass is 10.0. The first-order valence-electron chi connectivity index (χ1n) is 6.45. The number of amides is 2. The predicted molar refractivity (Wildman–Crippen MR) is 73.4 cm³/mol. The van der Waals surface area contributed by atoms with Gasteiger partial charge in [0.1, 0.15) is 5.82 Å². The summed E-state index contributed by atoms with van der Waals surface area (Å²) in [6.45, 7) is 0.912. The standard InChI is InChI=1S/C13H18N4O3/c1-16(10-4-6-17(7-5-10)13(19)20)12(18)9-2-3-11(14)15-8-9/h2-3,8,10H,4-7H2,1H3,(H2,14,15)(H,19,20). The van der Waals surface area contributed by atoms with Crippen molar-refractivity contribution in [2.45, 2.75) is 18.9 Å². The minimum atomic E-state index is -0.903. The third kappa shape index (κ3) is 2.98. The van der Waals surface area contributed by atoms with E-state index >= 15 is 0 Å². The van der Waals surface area contributed by atoms with Gasteiger partial charge < -0.3 is 20.6 Å². The Labute approximate surface area is 117 Å². The molecule has 108 valence electrons. The van der Waals surface area contributed by atoms with Crippen LogP contribution in [0.3, 0.4) is 0 Å². The monoisotopic (exact) mass is 278 g/mol. The van der Waals surface area contributed by atoms with E-state index in [1.807, 2.05) is 0 Å². The van der Waals surface area contributed by atoms with E-state index < -0.39 is 6.09 Å². The molecule has 0 spiro atoms. The van der Waals surface area contributed by atoms with Crippen molar-refractivity contribution in [3.05, 3.63) is 23.9 Å². The highest BCUT2D eigenvalue weighted by molar-refractivity contribution is 5.94. The molecule has 0 saturated carbocycles. The first-order chi connectivity index (χ1) is 9.49. The summed E-state index contributed by atoms with van der Waals surface area (Å²) in [7, 11) is 1.74. The number of nitrogens with two attached hydrogens (primary N) is 1. The zero-order valence-electron chi connectivity index (χ0n) is 11.3. The fourth-order valence-corrected chi connectivity index (χ4v) is 2.35. The molecule has 0 unspecified atom stereocenters. The molecule has 2 amide bonds. The molecule has 1 saturated heterocycles. The van der Waals surface area contributed by atoms with E-state index in [4.69, 9.17) is 10.8 Å². The quantitative estimate of drug-likeness (QED) is 0.836. The van der Waals surface area contributed by atoms with Crippen molar-refractivity contribution in [3.63, 3.8) is 0 Å². The van der Waals surface area contributed by atoms with Crippen LogP contribution < -0.4 is 5.73 Å². The maximum absolute atomic E-state index is 12.3. The molecule has 2 rings (SSSR count). The second kappa shape index (κ2) is 5.77.